The van der Waals surface area contributed by atoms with E-state index in [0.717, 1.165) is 10.0 Å². The van der Waals surface area contributed by atoms with Crippen LogP contribution in [0, 0.1) is 0 Å². The van der Waals surface area contributed by atoms with Gasteiger partial charge in [0, 0.05) is 23.4 Å². The second-order valence-corrected chi connectivity index (χ2v) is 4.88. The lowest BCUT2D eigenvalue weighted by Crippen LogP contribution is -2.50. The third-order valence-corrected chi connectivity index (χ3v) is 3.44. The van der Waals surface area contributed by atoms with Gasteiger partial charge >= 0.3 is 5.97 Å². The number of aliphatic carboxylic acids is 1. The summed E-state index contributed by atoms with van der Waals surface area (Å²) in [6.45, 7) is 4.26. The number of nitrogens with one attached hydrogen (secondary N) is 1. The highest BCUT2D eigenvalue weighted by Gasteiger charge is 2.33. The maximum atomic E-state index is 11.3. The summed E-state index contributed by atoms with van der Waals surface area (Å²) in [6.07, 6.45) is 4.55. The smallest absolute Gasteiger partial charge is 0.323 e. The van der Waals surface area contributed by atoms with Crippen LogP contribution in [0.4, 0.5) is 0 Å². The van der Waals surface area contributed by atoms with E-state index >= 15 is 0 Å². The molecule has 0 aromatic carbocycles. The van der Waals surface area contributed by atoms with E-state index in [4.69, 9.17) is 0 Å². The summed E-state index contributed by atoms with van der Waals surface area (Å²) in [7, 11) is 0. The number of carboxylic acids is 1. The topological polar surface area (TPSA) is 62.2 Å². The molecule has 0 atom stereocenters. The molecule has 5 heteroatoms. The molecule has 0 aliphatic rings. The summed E-state index contributed by atoms with van der Waals surface area (Å²) in [4.78, 5) is 15.3. The van der Waals surface area contributed by atoms with Crippen LogP contribution >= 0.6 is 15.9 Å². The summed E-state index contributed by atoms with van der Waals surface area (Å²) in [5.41, 5.74) is 0.120. The molecule has 0 radical (unpaired) electrons. The third-order valence-electron chi connectivity index (χ3n) is 3.01. The number of halogens is 1. The van der Waals surface area contributed by atoms with Gasteiger partial charge in [-0.05, 0) is 40.4 Å². The quantitative estimate of drug-likeness (QED) is 0.848. The summed E-state index contributed by atoms with van der Waals surface area (Å²) < 4.78 is 0.894. The Bertz CT molecular complexity index is 392. The van der Waals surface area contributed by atoms with Crippen molar-refractivity contribution in [2.24, 2.45) is 0 Å². The Hall–Kier alpha value is -0.940. The highest BCUT2D eigenvalue weighted by atomic mass is 79.9. The predicted octanol–water partition coefficient (Wildman–Crippen LogP) is 2.58. The number of rotatable bonds is 6. The maximum Gasteiger partial charge on any atom is 0.323 e. The molecule has 0 spiro atoms. The number of pyridine rings is 1. The van der Waals surface area contributed by atoms with Gasteiger partial charge in [0.1, 0.15) is 5.54 Å². The van der Waals surface area contributed by atoms with Crippen LogP contribution in [0.3, 0.4) is 0 Å². The van der Waals surface area contributed by atoms with Crippen molar-refractivity contribution in [2.75, 3.05) is 0 Å². The molecule has 2 N–H and O–H groups in total. The van der Waals surface area contributed by atoms with E-state index in [0.29, 0.717) is 19.4 Å². The van der Waals surface area contributed by atoms with Crippen LogP contribution in [0.1, 0.15) is 32.3 Å². The van der Waals surface area contributed by atoms with Crippen LogP contribution in [0.2, 0.25) is 0 Å². The maximum absolute atomic E-state index is 11.3. The minimum absolute atomic E-state index is 0.500. The Balaban J connectivity index is 2.74. The first-order chi connectivity index (χ1) is 8.04. The minimum atomic E-state index is -0.845. The normalized spacial score (nSPS) is 11.5. The zero-order valence-corrected chi connectivity index (χ0v) is 11.6. The molecule has 1 rings (SSSR count). The molecule has 1 aromatic rings. The number of carbonyl (C=O) groups is 1. The lowest BCUT2D eigenvalue weighted by atomic mass is 9.93. The van der Waals surface area contributed by atoms with Crippen molar-refractivity contribution in [1.29, 1.82) is 0 Å². The average molecular weight is 301 g/mol. The van der Waals surface area contributed by atoms with Gasteiger partial charge in [-0.15, -0.1) is 0 Å². The molecule has 0 aliphatic carbocycles. The van der Waals surface area contributed by atoms with E-state index in [1.54, 1.807) is 12.4 Å². The van der Waals surface area contributed by atoms with Crippen LogP contribution in [-0.2, 0) is 11.3 Å². The zero-order chi connectivity index (χ0) is 12.9. The van der Waals surface area contributed by atoms with Gasteiger partial charge in [-0.3, -0.25) is 15.1 Å². The molecular formula is C12H17BrN2O2. The van der Waals surface area contributed by atoms with Crippen molar-refractivity contribution in [3.05, 3.63) is 28.5 Å². The van der Waals surface area contributed by atoms with E-state index in [9.17, 15) is 9.90 Å². The summed E-state index contributed by atoms with van der Waals surface area (Å²) in [5.74, 6) is -0.801. The number of aromatic nitrogens is 1. The van der Waals surface area contributed by atoms with Crippen LogP contribution in [-0.4, -0.2) is 21.6 Å². The molecule has 94 valence electrons. The van der Waals surface area contributed by atoms with Crippen LogP contribution in [0.5, 0.6) is 0 Å². The first-order valence-corrected chi connectivity index (χ1v) is 6.41. The molecule has 0 aliphatic heterocycles. The molecule has 0 fully saturated rings. The lowest BCUT2D eigenvalue weighted by molar-refractivity contribution is -0.145. The van der Waals surface area contributed by atoms with E-state index in [1.165, 1.54) is 0 Å². The fourth-order valence-electron chi connectivity index (χ4n) is 1.70. The largest absolute Gasteiger partial charge is 0.480 e. The zero-order valence-electron chi connectivity index (χ0n) is 10.0. The van der Waals surface area contributed by atoms with E-state index < -0.39 is 11.5 Å². The van der Waals surface area contributed by atoms with Crippen molar-refractivity contribution in [3.8, 4) is 0 Å². The number of nitrogens with zero attached hydrogens (tertiary/aromatic N) is 1. The minimum Gasteiger partial charge on any atom is -0.480 e. The fraction of sp³-hybridized carbons (Fsp3) is 0.500. The Morgan fingerprint density at radius 3 is 2.59 bits per heavy atom. The summed E-state index contributed by atoms with van der Waals surface area (Å²) >= 11 is 3.34. The molecule has 17 heavy (non-hydrogen) atoms. The standard InChI is InChI=1S/C12H17BrN2O2/c1-3-12(4-2,11(16)17)15-7-9-5-10(13)8-14-6-9/h5-6,8,15H,3-4,7H2,1-2H3,(H,16,17). The highest BCUT2D eigenvalue weighted by Crippen LogP contribution is 2.17. The van der Waals surface area contributed by atoms with Crippen LogP contribution < -0.4 is 5.32 Å². The van der Waals surface area contributed by atoms with Crippen LogP contribution in [0.25, 0.3) is 0 Å². The molecule has 1 aromatic heterocycles. The van der Waals surface area contributed by atoms with Gasteiger partial charge in [0.25, 0.3) is 0 Å². The van der Waals surface area contributed by atoms with Gasteiger partial charge in [-0.25, -0.2) is 0 Å². The van der Waals surface area contributed by atoms with Gasteiger partial charge in [0.05, 0.1) is 0 Å². The molecule has 0 amide bonds. The van der Waals surface area contributed by atoms with Crippen molar-refractivity contribution in [3.63, 3.8) is 0 Å². The lowest BCUT2D eigenvalue weighted by Gasteiger charge is -2.28. The van der Waals surface area contributed by atoms with Crippen molar-refractivity contribution >= 4 is 21.9 Å². The fourth-order valence-corrected chi connectivity index (χ4v) is 2.11. The van der Waals surface area contributed by atoms with Crippen molar-refractivity contribution in [1.82, 2.24) is 10.3 Å². The Kier molecular flexibility index (Phi) is 5.08. The number of hydrogen-bond donors (Lipinski definition) is 2. The van der Waals surface area contributed by atoms with Crippen molar-refractivity contribution < 1.29 is 9.90 Å². The second kappa shape index (κ2) is 6.12. The highest BCUT2D eigenvalue weighted by molar-refractivity contribution is 9.10. The third kappa shape index (κ3) is 3.51. The number of carboxylic acid groups (broad SMARTS) is 1. The SMILES string of the molecule is CCC(CC)(NCc1cncc(Br)c1)C(=O)O. The molecule has 0 unspecified atom stereocenters. The van der Waals surface area contributed by atoms with E-state index in [1.807, 2.05) is 19.9 Å². The monoisotopic (exact) mass is 300 g/mol. The van der Waals surface area contributed by atoms with Gasteiger partial charge in [0.15, 0.2) is 0 Å². The Labute approximate surface area is 110 Å². The Morgan fingerprint density at radius 2 is 2.12 bits per heavy atom. The molecule has 0 saturated carbocycles. The Morgan fingerprint density at radius 1 is 1.47 bits per heavy atom. The summed E-state index contributed by atoms with van der Waals surface area (Å²) in [5, 5.41) is 12.4. The van der Waals surface area contributed by atoms with E-state index in [2.05, 4.69) is 26.2 Å². The first kappa shape index (κ1) is 14.1. The predicted molar refractivity (Wildman–Crippen MR) is 69.7 cm³/mol. The van der Waals surface area contributed by atoms with E-state index in [-0.39, 0.29) is 0 Å². The first-order valence-electron chi connectivity index (χ1n) is 5.62. The van der Waals surface area contributed by atoms with Gasteiger partial charge < -0.3 is 5.11 Å². The van der Waals surface area contributed by atoms with Gasteiger partial charge in [0.2, 0.25) is 0 Å². The van der Waals surface area contributed by atoms with Crippen molar-refractivity contribution in [2.45, 2.75) is 38.8 Å². The second-order valence-electron chi connectivity index (χ2n) is 3.96. The van der Waals surface area contributed by atoms with Crippen LogP contribution in [0.15, 0.2) is 22.9 Å². The molecular weight excluding hydrogens is 284 g/mol. The molecule has 0 saturated heterocycles. The summed E-state index contributed by atoms with van der Waals surface area (Å²) in [6, 6.07) is 1.93. The average Bonchev–Trinajstić information content (AvgIpc) is 2.31. The number of hydrogen-bond acceptors (Lipinski definition) is 3. The molecule has 0 bridgehead atoms. The molecule has 1 heterocycles. The van der Waals surface area contributed by atoms with Gasteiger partial charge in [-0.1, -0.05) is 13.8 Å². The molecule has 4 nitrogen and oxygen atoms in total. The van der Waals surface area contributed by atoms with Gasteiger partial charge in [-0.2, -0.15) is 0 Å².